The van der Waals surface area contributed by atoms with Crippen LogP contribution in [0.3, 0.4) is 0 Å². The summed E-state index contributed by atoms with van der Waals surface area (Å²) in [5, 5.41) is 11.0. The molecule has 1 fully saturated rings. The predicted octanol–water partition coefficient (Wildman–Crippen LogP) is 3.44. The number of hydrogen-bond donors (Lipinski definition) is 1. The zero-order valence-corrected chi connectivity index (χ0v) is 17.6. The molecule has 2 aromatic rings. The van der Waals surface area contributed by atoms with Crippen LogP contribution in [0.15, 0.2) is 52.7 Å². The second-order valence-corrected chi connectivity index (χ2v) is 7.54. The molecule has 30 heavy (non-hydrogen) atoms. The predicted molar refractivity (Wildman–Crippen MR) is 113 cm³/mol. The molecule has 3 rings (SSSR count). The summed E-state index contributed by atoms with van der Waals surface area (Å²) in [5.74, 6) is -0.532. The van der Waals surface area contributed by atoms with Crippen molar-refractivity contribution in [1.82, 2.24) is 9.80 Å². The molecule has 0 radical (unpaired) electrons. The van der Waals surface area contributed by atoms with Crippen molar-refractivity contribution in [3.8, 4) is 5.75 Å². The molecule has 160 valence electrons. The molecule has 0 saturated carbocycles. The van der Waals surface area contributed by atoms with E-state index in [9.17, 15) is 14.7 Å². The first-order valence-electron chi connectivity index (χ1n) is 10.1. The van der Waals surface area contributed by atoms with Crippen LogP contribution in [0.2, 0.25) is 0 Å². The highest BCUT2D eigenvalue weighted by molar-refractivity contribution is 6.46. The number of nitrogens with zero attached hydrogens (tertiary/aromatic N) is 2. The van der Waals surface area contributed by atoms with Crippen LogP contribution in [0.4, 0.5) is 0 Å². The molecule has 7 nitrogen and oxygen atoms in total. The van der Waals surface area contributed by atoms with E-state index in [1.165, 1.54) is 11.2 Å². The molecule has 2 heterocycles. The van der Waals surface area contributed by atoms with E-state index < -0.39 is 17.7 Å². The van der Waals surface area contributed by atoms with Crippen LogP contribution in [0.1, 0.15) is 37.1 Å². The van der Waals surface area contributed by atoms with Crippen LogP contribution >= 0.6 is 0 Å². The molecule has 1 aromatic carbocycles. The zero-order valence-electron chi connectivity index (χ0n) is 17.6. The molecule has 1 unspecified atom stereocenters. The van der Waals surface area contributed by atoms with Crippen LogP contribution in [-0.4, -0.2) is 60.4 Å². The maximum Gasteiger partial charge on any atom is 0.295 e. The Bertz CT molecular complexity index is 917. The molecule has 0 spiro atoms. The Morgan fingerprint density at radius 2 is 2.03 bits per heavy atom. The average molecular weight is 412 g/mol. The highest BCUT2D eigenvalue weighted by atomic mass is 16.5. The van der Waals surface area contributed by atoms with Crippen LogP contribution in [0, 0.1) is 0 Å². The summed E-state index contributed by atoms with van der Waals surface area (Å²) in [6.07, 6.45) is 3.04. The Kier molecular flexibility index (Phi) is 6.95. The fourth-order valence-corrected chi connectivity index (χ4v) is 3.52. The van der Waals surface area contributed by atoms with Crippen LogP contribution in [0.5, 0.6) is 5.75 Å². The van der Waals surface area contributed by atoms with Crippen molar-refractivity contribution in [2.24, 2.45) is 0 Å². The first kappa shape index (κ1) is 21.6. The van der Waals surface area contributed by atoms with Gasteiger partial charge in [0.15, 0.2) is 0 Å². The molecule has 1 aliphatic heterocycles. The summed E-state index contributed by atoms with van der Waals surface area (Å²) in [6.45, 7) is 3.70. The largest absolute Gasteiger partial charge is 0.507 e. The third-order valence-electron chi connectivity index (χ3n) is 4.94. The van der Waals surface area contributed by atoms with Gasteiger partial charge in [0.1, 0.15) is 23.3 Å². The van der Waals surface area contributed by atoms with E-state index in [0.717, 1.165) is 13.0 Å². The molecule has 7 heteroatoms. The van der Waals surface area contributed by atoms with E-state index in [4.69, 9.17) is 9.15 Å². The van der Waals surface area contributed by atoms with Crippen molar-refractivity contribution in [2.75, 3.05) is 33.8 Å². The number of carbonyl (C=O) groups excluding carboxylic acids is 2. The molecule has 1 saturated heterocycles. The smallest absolute Gasteiger partial charge is 0.295 e. The van der Waals surface area contributed by atoms with Gasteiger partial charge < -0.3 is 24.1 Å². The standard InChI is InChI=1S/C23H28N2O5/c1-4-13-29-17-9-5-8-16(15-17)21(26)19-20(18-10-6-14-30-18)25(23(28)22(19)27)12-7-11-24(2)3/h5-6,8-10,14-15,20,26H,4,7,11-13H2,1-3H3/b21-19+. The number of furan rings is 1. The number of ether oxygens (including phenoxy) is 1. The Balaban J connectivity index is 2.00. The maximum atomic E-state index is 12.9. The van der Waals surface area contributed by atoms with E-state index in [1.54, 1.807) is 36.4 Å². The minimum Gasteiger partial charge on any atom is -0.507 e. The zero-order chi connectivity index (χ0) is 21.7. The topological polar surface area (TPSA) is 83.2 Å². The van der Waals surface area contributed by atoms with E-state index in [1.807, 2.05) is 25.9 Å². The van der Waals surface area contributed by atoms with E-state index in [-0.39, 0.29) is 11.3 Å². The third-order valence-corrected chi connectivity index (χ3v) is 4.94. The van der Waals surface area contributed by atoms with E-state index in [2.05, 4.69) is 0 Å². The monoisotopic (exact) mass is 412 g/mol. The lowest BCUT2D eigenvalue weighted by Gasteiger charge is -2.24. The number of aliphatic hydroxyl groups is 1. The molecule has 1 aromatic heterocycles. The van der Waals surface area contributed by atoms with Gasteiger partial charge in [-0.2, -0.15) is 0 Å². The molecule has 0 bridgehead atoms. The van der Waals surface area contributed by atoms with Gasteiger partial charge in [-0.05, 0) is 57.7 Å². The number of likely N-dealkylation sites (tertiary alicyclic amines) is 1. The van der Waals surface area contributed by atoms with Crippen molar-refractivity contribution in [3.63, 3.8) is 0 Å². The van der Waals surface area contributed by atoms with Gasteiger partial charge in [-0.25, -0.2) is 0 Å². The van der Waals surface area contributed by atoms with Crippen molar-refractivity contribution in [1.29, 1.82) is 0 Å². The van der Waals surface area contributed by atoms with Crippen molar-refractivity contribution < 1.29 is 23.8 Å². The molecule has 1 N–H and O–H groups in total. The second-order valence-electron chi connectivity index (χ2n) is 7.54. The van der Waals surface area contributed by atoms with Gasteiger partial charge in [0.05, 0.1) is 18.4 Å². The van der Waals surface area contributed by atoms with Crippen molar-refractivity contribution in [2.45, 2.75) is 25.8 Å². The molecule has 1 aliphatic rings. The summed E-state index contributed by atoms with van der Waals surface area (Å²) in [6, 6.07) is 9.54. The highest BCUT2D eigenvalue weighted by Crippen LogP contribution is 2.39. The number of amides is 1. The van der Waals surface area contributed by atoms with Gasteiger partial charge in [0, 0.05) is 12.1 Å². The van der Waals surface area contributed by atoms with Gasteiger partial charge in [-0.15, -0.1) is 0 Å². The Morgan fingerprint density at radius 1 is 1.23 bits per heavy atom. The molecule has 0 aliphatic carbocycles. The molecular formula is C23H28N2O5. The maximum absolute atomic E-state index is 12.9. The van der Waals surface area contributed by atoms with Gasteiger partial charge in [0.25, 0.3) is 11.7 Å². The number of Topliss-reactive ketones (excluding diaryl/α,β-unsaturated/α-hetero) is 1. The van der Waals surface area contributed by atoms with Crippen LogP contribution < -0.4 is 4.74 Å². The minimum absolute atomic E-state index is 0.0347. The normalized spacial score (nSPS) is 18.4. The Morgan fingerprint density at radius 3 is 2.70 bits per heavy atom. The van der Waals surface area contributed by atoms with Crippen LogP contribution in [-0.2, 0) is 9.59 Å². The number of hydrogen-bond acceptors (Lipinski definition) is 6. The van der Waals surface area contributed by atoms with Gasteiger partial charge in [0.2, 0.25) is 0 Å². The first-order valence-corrected chi connectivity index (χ1v) is 10.1. The summed E-state index contributed by atoms with van der Waals surface area (Å²) in [5.41, 5.74) is 0.457. The number of ketones is 1. The SMILES string of the molecule is CCCOc1cccc(/C(O)=C2\C(=O)C(=O)N(CCCN(C)C)C2c2ccco2)c1. The fourth-order valence-electron chi connectivity index (χ4n) is 3.52. The molecule has 1 atom stereocenters. The Labute approximate surface area is 176 Å². The summed E-state index contributed by atoms with van der Waals surface area (Å²) < 4.78 is 11.2. The summed E-state index contributed by atoms with van der Waals surface area (Å²) in [4.78, 5) is 29.2. The Hall–Kier alpha value is -3.06. The van der Waals surface area contributed by atoms with Crippen molar-refractivity contribution >= 4 is 17.4 Å². The lowest BCUT2D eigenvalue weighted by atomic mass is 9.99. The van der Waals surface area contributed by atoms with Crippen molar-refractivity contribution in [3.05, 3.63) is 59.6 Å². The van der Waals surface area contributed by atoms with E-state index in [0.29, 0.717) is 36.6 Å². The summed E-state index contributed by atoms with van der Waals surface area (Å²) in [7, 11) is 3.90. The lowest BCUT2D eigenvalue weighted by Crippen LogP contribution is -2.32. The van der Waals surface area contributed by atoms with Gasteiger partial charge in [-0.3, -0.25) is 9.59 Å². The number of carbonyl (C=O) groups is 2. The quantitative estimate of drug-likeness (QED) is 0.386. The second kappa shape index (κ2) is 9.63. The molecular weight excluding hydrogens is 384 g/mol. The molecule has 1 amide bonds. The first-order chi connectivity index (χ1) is 14.4. The van der Waals surface area contributed by atoms with Gasteiger partial charge >= 0.3 is 0 Å². The van der Waals surface area contributed by atoms with E-state index >= 15 is 0 Å². The number of rotatable bonds is 9. The average Bonchev–Trinajstić information content (AvgIpc) is 3.34. The minimum atomic E-state index is -0.762. The fraction of sp³-hybridized carbons (Fsp3) is 0.391. The van der Waals surface area contributed by atoms with Gasteiger partial charge in [-0.1, -0.05) is 19.1 Å². The number of benzene rings is 1. The summed E-state index contributed by atoms with van der Waals surface area (Å²) >= 11 is 0. The number of aliphatic hydroxyl groups excluding tert-OH is 1. The highest BCUT2D eigenvalue weighted by Gasteiger charge is 2.47. The third kappa shape index (κ3) is 4.57. The van der Waals surface area contributed by atoms with Crippen LogP contribution in [0.25, 0.3) is 5.76 Å². The lowest BCUT2D eigenvalue weighted by molar-refractivity contribution is -0.140.